The summed E-state index contributed by atoms with van der Waals surface area (Å²) in [6.07, 6.45) is 3.21. The van der Waals surface area contributed by atoms with Crippen molar-refractivity contribution < 1.29 is 0 Å². The molecule has 2 aliphatic rings. The van der Waals surface area contributed by atoms with Crippen LogP contribution in [0.4, 0.5) is 5.69 Å². The van der Waals surface area contributed by atoms with Crippen molar-refractivity contribution >= 4 is 5.69 Å². The number of rotatable bonds is 1. The van der Waals surface area contributed by atoms with E-state index in [4.69, 9.17) is 0 Å². The summed E-state index contributed by atoms with van der Waals surface area (Å²) in [5.41, 5.74) is 2.45. The van der Waals surface area contributed by atoms with E-state index >= 15 is 0 Å². The van der Waals surface area contributed by atoms with E-state index in [1.165, 1.54) is 12.1 Å². The van der Waals surface area contributed by atoms with Crippen LogP contribution in [-0.4, -0.2) is 30.2 Å². The minimum absolute atomic E-state index is 0.710. The highest BCUT2D eigenvalue weighted by atomic mass is 15.3. The minimum Gasteiger partial charge on any atom is -0.366 e. The van der Waals surface area contributed by atoms with Crippen LogP contribution in [0.2, 0.25) is 0 Å². The Balaban J connectivity index is 1.89. The Morgan fingerprint density at radius 1 is 1.57 bits per heavy atom. The number of piperazine rings is 1. The lowest BCUT2D eigenvalue weighted by atomic mass is 10.2. The van der Waals surface area contributed by atoms with E-state index in [9.17, 15) is 0 Å². The molecule has 2 atom stereocenters. The highest BCUT2D eigenvalue weighted by Gasteiger charge is 2.37. The number of aromatic nitrogens is 1. The average molecular weight is 189 g/mol. The molecule has 0 amide bonds. The van der Waals surface area contributed by atoms with Gasteiger partial charge < -0.3 is 10.2 Å². The van der Waals surface area contributed by atoms with Gasteiger partial charge in [-0.25, -0.2) is 0 Å². The third kappa shape index (κ3) is 1.20. The summed E-state index contributed by atoms with van der Waals surface area (Å²) >= 11 is 0. The maximum atomic E-state index is 4.23. The van der Waals surface area contributed by atoms with E-state index in [2.05, 4.69) is 34.3 Å². The van der Waals surface area contributed by atoms with Crippen LogP contribution < -0.4 is 10.2 Å². The second-order valence-corrected chi connectivity index (χ2v) is 4.30. The topological polar surface area (TPSA) is 28.2 Å². The largest absolute Gasteiger partial charge is 0.366 e. The molecule has 0 unspecified atom stereocenters. The number of pyridine rings is 1. The zero-order chi connectivity index (χ0) is 9.54. The molecule has 3 heteroatoms. The first-order chi connectivity index (χ1) is 6.83. The first kappa shape index (κ1) is 8.24. The van der Waals surface area contributed by atoms with Gasteiger partial charge in [-0.15, -0.1) is 0 Å². The van der Waals surface area contributed by atoms with Crippen LogP contribution >= 0.6 is 0 Å². The van der Waals surface area contributed by atoms with Crippen molar-refractivity contribution in [2.24, 2.45) is 0 Å². The summed E-state index contributed by atoms with van der Waals surface area (Å²) < 4.78 is 0. The van der Waals surface area contributed by atoms with Gasteiger partial charge in [0.05, 0.1) is 0 Å². The van der Waals surface area contributed by atoms with Gasteiger partial charge in [0.25, 0.3) is 0 Å². The zero-order valence-corrected chi connectivity index (χ0v) is 8.40. The number of aryl methyl sites for hydroxylation is 1. The summed E-state index contributed by atoms with van der Waals surface area (Å²) in [6.45, 7) is 4.36. The zero-order valence-electron chi connectivity index (χ0n) is 8.40. The Hall–Kier alpha value is -1.09. The molecule has 3 rings (SSSR count). The van der Waals surface area contributed by atoms with Gasteiger partial charge in [-0.1, -0.05) is 0 Å². The van der Waals surface area contributed by atoms with Gasteiger partial charge in [0, 0.05) is 42.8 Å². The van der Waals surface area contributed by atoms with Crippen LogP contribution in [0.5, 0.6) is 0 Å². The van der Waals surface area contributed by atoms with Crippen molar-refractivity contribution in [1.29, 1.82) is 0 Å². The highest BCUT2D eigenvalue weighted by Crippen LogP contribution is 2.29. The smallest absolute Gasteiger partial charge is 0.0430 e. The molecule has 0 spiro atoms. The van der Waals surface area contributed by atoms with Crippen molar-refractivity contribution in [3.63, 3.8) is 0 Å². The maximum Gasteiger partial charge on any atom is 0.0430 e. The quantitative estimate of drug-likeness (QED) is 0.712. The lowest BCUT2D eigenvalue weighted by Crippen LogP contribution is -2.43. The van der Waals surface area contributed by atoms with Crippen LogP contribution in [0.25, 0.3) is 0 Å². The molecule has 3 nitrogen and oxygen atoms in total. The van der Waals surface area contributed by atoms with Gasteiger partial charge in [0.15, 0.2) is 0 Å². The van der Waals surface area contributed by atoms with Gasteiger partial charge in [-0.2, -0.15) is 0 Å². The molecule has 1 aromatic rings. The molecule has 3 heterocycles. The number of nitrogens with one attached hydrogen (secondary N) is 1. The van der Waals surface area contributed by atoms with Crippen LogP contribution in [0.15, 0.2) is 18.3 Å². The fourth-order valence-electron chi connectivity index (χ4n) is 2.59. The highest BCUT2D eigenvalue weighted by molar-refractivity contribution is 5.50. The van der Waals surface area contributed by atoms with Gasteiger partial charge in [-0.3, -0.25) is 4.98 Å². The van der Waals surface area contributed by atoms with Crippen molar-refractivity contribution in [2.45, 2.75) is 25.4 Å². The van der Waals surface area contributed by atoms with Crippen LogP contribution in [0.3, 0.4) is 0 Å². The van der Waals surface area contributed by atoms with Crippen LogP contribution in [0.1, 0.15) is 12.1 Å². The molecule has 0 aliphatic carbocycles. The Labute approximate surface area is 84.1 Å². The lowest BCUT2D eigenvalue weighted by molar-refractivity contribution is 0.580. The average Bonchev–Trinajstić information content (AvgIpc) is 2.78. The van der Waals surface area contributed by atoms with Crippen molar-refractivity contribution in [1.82, 2.24) is 10.3 Å². The fourth-order valence-corrected chi connectivity index (χ4v) is 2.59. The number of hydrogen-bond acceptors (Lipinski definition) is 3. The molecule has 2 saturated heterocycles. The maximum absolute atomic E-state index is 4.23. The Morgan fingerprint density at radius 2 is 2.50 bits per heavy atom. The van der Waals surface area contributed by atoms with Crippen LogP contribution in [0, 0.1) is 6.92 Å². The summed E-state index contributed by atoms with van der Waals surface area (Å²) in [6, 6.07) is 5.73. The molecule has 2 aliphatic heterocycles. The standard InChI is InChI=1S/C11H15N3/c1-8-4-10(2-3-12-8)14-7-9-5-11(14)6-13-9/h2-4,9,11,13H,5-7H2,1H3/t9-,11-/m0/s1. The van der Waals surface area contributed by atoms with Gasteiger partial charge >= 0.3 is 0 Å². The first-order valence-corrected chi connectivity index (χ1v) is 5.25. The summed E-state index contributed by atoms with van der Waals surface area (Å²) in [7, 11) is 0. The molecule has 14 heavy (non-hydrogen) atoms. The van der Waals surface area contributed by atoms with Gasteiger partial charge in [0.2, 0.25) is 0 Å². The monoisotopic (exact) mass is 189 g/mol. The minimum atomic E-state index is 0.710. The van der Waals surface area contributed by atoms with E-state index in [0.717, 1.165) is 18.8 Å². The van der Waals surface area contributed by atoms with E-state index in [0.29, 0.717) is 12.1 Å². The molecular weight excluding hydrogens is 174 g/mol. The number of fused-ring (bicyclic) bond motifs is 2. The van der Waals surface area contributed by atoms with Crippen molar-refractivity contribution in [3.8, 4) is 0 Å². The third-order valence-electron chi connectivity index (χ3n) is 3.27. The van der Waals surface area contributed by atoms with Gasteiger partial charge in [-0.05, 0) is 25.5 Å². The second kappa shape index (κ2) is 2.95. The normalized spacial score (nSPS) is 29.9. The Kier molecular flexibility index (Phi) is 1.74. The molecule has 1 aromatic heterocycles. The molecule has 74 valence electrons. The SMILES string of the molecule is Cc1cc(N2C[C@@H]3C[C@H]2CN3)ccn1. The lowest BCUT2D eigenvalue weighted by Gasteiger charge is -2.29. The van der Waals surface area contributed by atoms with Crippen LogP contribution in [-0.2, 0) is 0 Å². The molecule has 0 saturated carbocycles. The van der Waals surface area contributed by atoms with E-state index < -0.39 is 0 Å². The third-order valence-corrected chi connectivity index (χ3v) is 3.27. The predicted molar refractivity (Wildman–Crippen MR) is 56.5 cm³/mol. The molecule has 1 N–H and O–H groups in total. The van der Waals surface area contributed by atoms with E-state index in [1.54, 1.807) is 0 Å². The summed E-state index contributed by atoms with van der Waals surface area (Å²) in [5.74, 6) is 0. The molecule has 2 fully saturated rings. The number of hydrogen-bond donors (Lipinski definition) is 1. The first-order valence-electron chi connectivity index (χ1n) is 5.25. The summed E-state index contributed by atoms with van der Waals surface area (Å²) in [5, 5.41) is 3.51. The predicted octanol–water partition coefficient (Wildman–Crippen LogP) is 0.941. The fraction of sp³-hybridized carbons (Fsp3) is 0.545. The van der Waals surface area contributed by atoms with Crippen molar-refractivity contribution in [2.75, 3.05) is 18.0 Å². The molecule has 0 radical (unpaired) electrons. The number of anilines is 1. The van der Waals surface area contributed by atoms with Gasteiger partial charge in [0.1, 0.15) is 0 Å². The van der Waals surface area contributed by atoms with Crippen molar-refractivity contribution in [3.05, 3.63) is 24.0 Å². The Morgan fingerprint density at radius 3 is 3.14 bits per heavy atom. The second-order valence-electron chi connectivity index (χ2n) is 4.30. The van der Waals surface area contributed by atoms with E-state index in [1.807, 2.05) is 6.20 Å². The molecule has 0 aromatic carbocycles. The van der Waals surface area contributed by atoms with E-state index in [-0.39, 0.29) is 0 Å². The molecular formula is C11H15N3. The molecule has 2 bridgehead atoms. The number of nitrogens with zero attached hydrogens (tertiary/aromatic N) is 2. The summed E-state index contributed by atoms with van der Waals surface area (Å²) in [4.78, 5) is 6.74. The Bertz CT molecular complexity index is 350.